The SMILES string of the molecule is CSCC(C)C(=O)CCl. The van der Waals surface area contributed by atoms with Gasteiger partial charge in [0.15, 0.2) is 5.78 Å². The largest absolute Gasteiger partial charge is 0.298 e. The van der Waals surface area contributed by atoms with E-state index in [0.717, 1.165) is 5.75 Å². The molecule has 3 heteroatoms. The molecule has 0 spiro atoms. The molecule has 0 heterocycles. The van der Waals surface area contributed by atoms with Gasteiger partial charge in [0.1, 0.15) is 0 Å². The van der Waals surface area contributed by atoms with Gasteiger partial charge in [-0.1, -0.05) is 6.92 Å². The fraction of sp³-hybridized carbons (Fsp3) is 0.833. The van der Waals surface area contributed by atoms with Crippen molar-refractivity contribution in [1.82, 2.24) is 0 Å². The Morgan fingerprint density at radius 3 is 2.67 bits per heavy atom. The maximum absolute atomic E-state index is 10.8. The van der Waals surface area contributed by atoms with Gasteiger partial charge < -0.3 is 0 Å². The first-order valence-electron chi connectivity index (χ1n) is 2.80. The summed E-state index contributed by atoms with van der Waals surface area (Å²) in [5.74, 6) is 1.30. The van der Waals surface area contributed by atoms with Gasteiger partial charge in [-0.2, -0.15) is 11.8 Å². The van der Waals surface area contributed by atoms with E-state index in [2.05, 4.69) is 0 Å². The van der Waals surface area contributed by atoms with Crippen LogP contribution >= 0.6 is 23.4 Å². The second-order valence-corrected chi connectivity index (χ2v) is 3.13. The Bertz CT molecular complexity index is 95.1. The molecule has 0 saturated carbocycles. The number of alkyl halides is 1. The predicted octanol–water partition coefficient (Wildman–Crippen LogP) is 1.79. The first-order chi connectivity index (χ1) is 4.22. The quantitative estimate of drug-likeness (QED) is 0.593. The Morgan fingerprint density at radius 1 is 1.78 bits per heavy atom. The Morgan fingerprint density at radius 2 is 2.33 bits per heavy atom. The van der Waals surface area contributed by atoms with Crippen molar-refractivity contribution in [3.63, 3.8) is 0 Å². The van der Waals surface area contributed by atoms with Crippen LogP contribution in [0.15, 0.2) is 0 Å². The summed E-state index contributed by atoms with van der Waals surface area (Å²) >= 11 is 7.00. The topological polar surface area (TPSA) is 17.1 Å². The number of hydrogen-bond donors (Lipinski definition) is 0. The van der Waals surface area contributed by atoms with Gasteiger partial charge in [0.2, 0.25) is 0 Å². The van der Waals surface area contributed by atoms with E-state index in [1.165, 1.54) is 0 Å². The standard InChI is InChI=1S/C6H11ClOS/c1-5(4-9-2)6(8)3-7/h5H,3-4H2,1-2H3. The molecule has 0 saturated heterocycles. The van der Waals surface area contributed by atoms with Gasteiger partial charge in [-0.25, -0.2) is 0 Å². The second kappa shape index (κ2) is 5.12. The summed E-state index contributed by atoms with van der Waals surface area (Å²) in [6.45, 7) is 1.90. The molecule has 0 aromatic carbocycles. The molecule has 0 amide bonds. The van der Waals surface area contributed by atoms with E-state index >= 15 is 0 Å². The molecule has 0 radical (unpaired) electrons. The molecule has 54 valence electrons. The molecule has 0 aromatic rings. The highest BCUT2D eigenvalue weighted by Gasteiger charge is 2.09. The van der Waals surface area contributed by atoms with Crippen molar-refractivity contribution in [3.8, 4) is 0 Å². The van der Waals surface area contributed by atoms with E-state index in [-0.39, 0.29) is 17.6 Å². The lowest BCUT2D eigenvalue weighted by Crippen LogP contribution is -2.14. The van der Waals surface area contributed by atoms with Crippen LogP contribution in [0.5, 0.6) is 0 Å². The highest BCUT2D eigenvalue weighted by Crippen LogP contribution is 2.05. The lowest BCUT2D eigenvalue weighted by Gasteiger charge is -2.03. The van der Waals surface area contributed by atoms with E-state index < -0.39 is 0 Å². The van der Waals surface area contributed by atoms with Crippen molar-refractivity contribution in [2.24, 2.45) is 5.92 Å². The van der Waals surface area contributed by atoms with Gasteiger partial charge in [-0.05, 0) is 6.26 Å². The number of carbonyl (C=O) groups is 1. The number of ketones is 1. The summed E-state index contributed by atoms with van der Waals surface area (Å²) < 4.78 is 0. The van der Waals surface area contributed by atoms with Gasteiger partial charge in [0.25, 0.3) is 0 Å². The molecule has 0 aromatic heterocycles. The highest BCUT2D eigenvalue weighted by molar-refractivity contribution is 7.98. The van der Waals surface area contributed by atoms with Crippen molar-refractivity contribution in [2.45, 2.75) is 6.92 Å². The van der Waals surface area contributed by atoms with Crippen LogP contribution in [0.1, 0.15) is 6.92 Å². The molecule has 1 atom stereocenters. The Kier molecular flexibility index (Phi) is 5.30. The van der Waals surface area contributed by atoms with Gasteiger partial charge in [-0.3, -0.25) is 4.79 Å². The molecule has 0 bridgehead atoms. The zero-order valence-corrected chi connectivity index (χ0v) is 7.26. The molecule has 0 aliphatic rings. The first-order valence-corrected chi connectivity index (χ1v) is 4.72. The van der Waals surface area contributed by atoms with Crippen LogP contribution in [0.25, 0.3) is 0 Å². The number of carbonyl (C=O) groups excluding carboxylic acids is 1. The number of rotatable bonds is 4. The van der Waals surface area contributed by atoms with Gasteiger partial charge in [0.05, 0.1) is 5.88 Å². The number of Topliss-reactive ketones (excluding diaryl/α,β-unsaturated/α-hetero) is 1. The molecule has 0 aliphatic heterocycles. The zero-order chi connectivity index (χ0) is 7.28. The van der Waals surface area contributed by atoms with Gasteiger partial charge in [0, 0.05) is 11.7 Å². The molecule has 9 heavy (non-hydrogen) atoms. The average Bonchev–Trinajstić information content (AvgIpc) is 1.87. The van der Waals surface area contributed by atoms with Crippen LogP contribution in [0.4, 0.5) is 0 Å². The van der Waals surface area contributed by atoms with E-state index in [0.29, 0.717) is 0 Å². The minimum absolute atomic E-state index is 0.123. The average molecular weight is 167 g/mol. The summed E-state index contributed by atoms with van der Waals surface area (Å²) in [5, 5.41) is 0. The van der Waals surface area contributed by atoms with Crippen LogP contribution in [-0.4, -0.2) is 23.7 Å². The van der Waals surface area contributed by atoms with Crippen molar-refractivity contribution < 1.29 is 4.79 Å². The lowest BCUT2D eigenvalue weighted by molar-refractivity contribution is -0.119. The molecule has 1 unspecified atom stereocenters. The third-order valence-electron chi connectivity index (χ3n) is 1.10. The summed E-state index contributed by atoms with van der Waals surface area (Å²) in [7, 11) is 0. The van der Waals surface area contributed by atoms with Crippen LogP contribution in [0.3, 0.4) is 0 Å². The van der Waals surface area contributed by atoms with Gasteiger partial charge >= 0.3 is 0 Å². The van der Waals surface area contributed by atoms with Crippen molar-refractivity contribution in [2.75, 3.05) is 17.9 Å². The minimum atomic E-state index is 0.123. The Balaban J connectivity index is 3.45. The predicted molar refractivity (Wildman–Crippen MR) is 43.3 cm³/mol. The maximum atomic E-state index is 10.8. The monoisotopic (exact) mass is 166 g/mol. The number of hydrogen-bond acceptors (Lipinski definition) is 2. The fourth-order valence-corrected chi connectivity index (χ4v) is 1.42. The zero-order valence-electron chi connectivity index (χ0n) is 5.69. The summed E-state index contributed by atoms with van der Waals surface area (Å²) in [6.07, 6.45) is 1.98. The van der Waals surface area contributed by atoms with Crippen molar-refractivity contribution >= 4 is 29.1 Å². The Labute approximate surface area is 65.2 Å². The Hall–Kier alpha value is 0.310. The van der Waals surface area contributed by atoms with Crippen molar-refractivity contribution in [3.05, 3.63) is 0 Å². The van der Waals surface area contributed by atoms with E-state index in [9.17, 15) is 4.79 Å². The van der Waals surface area contributed by atoms with Crippen LogP contribution in [0.2, 0.25) is 0 Å². The third kappa shape index (κ3) is 3.82. The van der Waals surface area contributed by atoms with Crippen molar-refractivity contribution in [1.29, 1.82) is 0 Å². The lowest BCUT2D eigenvalue weighted by atomic mass is 10.1. The van der Waals surface area contributed by atoms with E-state index in [1.807, 2.05) is 13.2 Å². The maximum Gasteiger partial charge on any atom is 0.151 e. The third-order valence-corrected chi connectivity index (χ3v) is 2.19. The minimum Gasteiger partial charge on any atom is -0.298 e. The molecular weight excluding hydrogens is 156 g/mol. The summed E-state index contributed by atoms with van der Waals surface area (Å²) in [5.41, 5.74) is 0. The molecular formula is C6H11ClOS. The van der Waals surface area contributed by atoms with E-state index in [1.54, 1.807) is 11.8 Å². The normalized spacial score (nSPS) is 13.2. The first kappa shape index (κ1) is 9.31. The molecule has 0 rings (SSSR count). The fourth-order valence-electron chi connectivity index (χ4n) is 0.475. The second-order valence-electron chi connectivity index (χ2n) is 1.96. The van der Waals surface area contributed by atoms with Gasteiger partial charge in [-0.15, -0.1) is 11.6 Å². The summed E-state index contributed by atoms with van der Waals surface area (Å²) in [6, 6.07) is 0. The smallest absolute Gasteiger partial charge is 0.151 e. The molecule has 0 fully saturated rings. The highest BCUT2D eigenvalue weighted by atomic mass is 35.5. The van der Waals surface area contributed by atoms with E-state index in [4.69, 9.17) is 11.6 Å². The molecule has 1 nitrogen and oxygen atoms in total. The van der Waals surface area contributed by atoms with Crippen LogP contribution in [0, 0.1) is 5.92 Å². The summed E-state index contributed by atoms with van der Waals surface area (Å²) in [4.78, 5) is 10.8. The number of thioether (sulfide) groups is 1. The molecule has 0 N–H and O–H groups in total. The molecule has 0 aliphatic carbocycles. The van der Waals surface area contributed by atoms with Crippen LogP contribution < -0.4 is 0 Å². The van der Waals surface area contributed by atoms with Crippen LogP contribution in [-0.2, 0) is 4.79 Å². The number of halogens is 1.